The van der Waals surface area contributed by atoms with Gasteiger partial charge in [0.05, 0.1) is 24.7 Å². The lowest BCUT2D eigenvalue weighted by atomic mass is 10.0. The minimum atomic E-state index is -5.00. The molecule has 1 saturated heterocycles. The van der Waals surface area contributed by atoms with Gasteiger partial charge in [-0.05, 0) is 69.9 Å². The summed E-state index contributed by atoms with van der Waals surface area (Å²) in [6.07, 6.45) is 0.269. The van der Waals surface area contributed by atoms with Gasteiger partial charge in [0.2, 0.25) is 11.8 Å². The normalized spacial score (nSPS) is 24.1. The van der Waals surface area contributed by atoms with E-state index in [2.05, 4.69) is 20.3 Å². The number of thiazole rings is 1. The predicted octanol–water partition coefficient (Wildman–Crippen LogP) is 6.29. The van der Waals surface area contributed by atoms with Gasteiger partial charge in [0.25, 0.3) is 5.91 Å². The molecule has 0 spiro atoms. The molecule has 4 aromatic rings. The van der Waals surface area contributed by atoms with Gasteiger partial charge in [-0.1, -0.05) is 25.0 Å². The monoisotopic (exact) mass is 901 g/mol. The third kappa shape index (κ3) is 9.22. The first-order chi connectivity index (χ1) is 29.3. The number of aromatic nitrogens is 2. The SMILES string of the molecule is COc1ccc2c(O[C@@H]3C[C@H]4C(=O)N[C@]5(C(=O)NS(=O)(=O)N(C)C)C[C@H]5/C=C\CCCCC[C@H](Nc5ccc(F)c(C(F)(F)F)c5)C(=O)N4C3)cc(-c3nc(C)cs3)nc2c1C. The summed E-state index contributed by atoms with van der Waals surface area (Å²) < 4.78 is 96.4. The summed E-state index contributed by atoms with van der Waals surface area (Å²) in [5.74, 6) is -3.41. The Morgan fingerprint density at radius 2 is 1.84 bits per heavy atom. The average molecular weight is 902 g/mol. The Balaban J connectivity index is 1.27. The molecule has 332 valence electrons. The van der Waals surface area contributed by atoms with Crippen LogP contribution in [0.25, 0.3) is 21.6 Å². The number of fused-ring (bicyclic) bond motifs is 3. The van der Waals surface area contributed by atoms with Crippen molar-refractivity contribution in [2.75, 3.05) is 33.1 Å². The van der Waals surface area contributed by atoms with Crippen LogP contribution in [-0.4, -0.2) is 96.8 Å². The highest BCUT2D eigenvalue weighted by Gasteiger charge is 2.62. The summed E-state index contributed by atoms with van der Waals surface area (Å²) in [6.45, 7) is 3.55. The van der Waals surface area contributed by atoms with Crippen molar-refractivity contribution in [1.29, 1.82) is 0 Å². The van der Waals surface area contributed by atoms with Crippen LogP contribution in [0.4, 0.5) is 23.2 Å². The number of benzene rings is 2. The molecule has 14 nitrogen and oxygen atoms in total. The van der Waals surface area contributed by atoms with Gasteiger partial charge >= 0.3 is 16.4 Å². The molecule has 2 aromatic heterocycles. The Labute approximate surface area is 360 Å². The number of nitrogens with one attached hydrogen (secondary N) is 3. The van der Waals surface area contributed by atoms with E-state index in [9.17, 15) is 40.4 Å². The molecular weight excluding hydrogens is 855 g/mol. The van der Waals surface area contributed by atoms with E-state index in [4.69, 9.17) is 14.5 Å². The molecule has 0 unspecified atom stereocenters. The number of amides is 3. The van der Waals surface area contributed by atoms with E-state index in [1.54, 1.807) is 31.4 Å². The maximum atomic E-state index is 14.8. The number of rotatable bonds is 9. The summed E-state index contributed by atoms with van der Waals surface area (Å²) in [7, 11) is -0.211. The summed E-state index contributed by atoms with van der Waals surface area (Å²) >= 11 is 1.39. The lowest BCUT2D eigenvalue weighted by Gasteiger charge is -2.30. The molecule has 7 rings (SSSR count). The number of nitrogens with zero attached hydrogens (tertiary/aromatic N) is 4. The lowest BCUT2D eigenvalue weighted by Crippen LogP contribution is -2.58. The van der Waals surface area contributed by atoms with Crippen LogP contribution < -0.4 is 24.8 Å². The van der Waals surface area contributed by atoms with Gasteiger partial charge in [0.1, 0.15) is 51.7 Å². The Morgan fingerprint density at radius 1 is 1.06 bits per heavy atom. The Morgan fingerprint density at radius 3 is 2.53 bits per heavy atom. The van der Waals surface area contributed by atoms with Crippen LogP contribution in [0.3, 0.4) is 0 Å². The Hall–Kier alpha value is -5.34. The standard InChI is InChI=1S/C42H47F4N7O7S2/c1-23-22-61-38(47-23)32-19-35(28-14-16-34(59-5)24(2)36(28)49-32)60-27-18-33-37(54)50-41(40(56)51-62(57,58)52(3)4)20-25(41)11-9-7-6-8-10-12-31(39(55)53(33)21-27)48-26-13-15-30(43)29(17-26)42(44,45)46/h9,11,13-17,19,22,25,27,31,33,48H,6-8,10,12,18,20-21H2,1-5H3,(H,50,54)(H,51,56)/b11-9-/t25-,27-,31+,33+,41-/m1/s1. The number of aryl methyl sites for hydroxylation is 2. The molecule has 0 bridgehead atoms. The topological polar surface area (TPSA) is 172 Å². The van der Waals surface area contributed by atoms with Gasteiger partial charge in [-0.2, -0.15) is 25.9 Å². The number of carbonyl (C=O) groups excluding carboxylic acids is 3. The van der Waals surface area contributed by atoms with Gasteiger partial charge in [0, 0.05) is 60.2 Å². The molecule has 1 aliphatic carbocycles. The van der Waals surface area contributed by atoms with Crippen molar-refractivity contribution < 1.29 is 49.8 Å². The number of hydrogen-bond acceptors (Lipinski definition) is 11. The molecule has 20 heteroatoms. The van der Waals surface area contributed by atoms with Crippen LogP contribution in [0.1, 0.15) is 61.8 Å². The van der Waals surface area contributed by atoms with Crippen molar-refractivity contribution in [1.82, 2.24) is 29.2 Å². The summed E-state index contributed by atoms with van der Waals surface area (Å²) in [5.41, 5.74) is -0.713. The van der Waals surface area contributed by atoms with Crippen molar-refractivity contribution in [3.8, 4) is 22.2 Å². The van der Waals surface area contributed by atoms with Gasteiger partial charge in [-0.15, -0.1) is 11.3 Å². The molecule has 2 fully saturated rings. The lowest BCUT2D eigenvalue weighted by molar-refractivity contribution is -0.140. The number of allylic oxidation sites excluding steroid dienone is 1. The van der Waals surface area contributed by atoms with Crippen LogP contribution >= 0.6 is 11.3 Å². The second kappa shape index (κ2) is 17.4. The van der Waals surface area contributed by atoms with Gasteiger partial charge in [-0.3, -0.25) is 14.4 Å². The minimum Gasteiger partial charge on any atom is -0.496 e. The van der Waals surface area contributed by atoms with Crippen LogP contribution in [0.5, 0.6) is 11.5 Å². The first-order valence-corrected chi connectivity index (χ1v) is 22.4. The average Bonchev–Trinajstić information content (AvgIpc) is 3.47. The molecule has 3 N–H and O–H groups in total. The third-order valence-electron chi connectivity index (χ3n) is 11.5. The van der Waals surface area contributed by atoms with E-state index in [1.165, 1.54) is 30.3 Å². The second-order valence-corrected chi connectivity index (χ2v) is 18.8. The van der Waals surface area contributed by atoms with E-state index in [1.807, 2.05) is 25.3 Å². The fraction of sp³-hybridized carbons (Fsp3) is 0.452. The number of carbonyl (C=O) groups is 3. The minimum absolute atomic E-state index is 0.0854. The van der Waals surface area contributed by atoms with Crippen molar-refractivity contribution in [3.05, 3.63) is 76.6 Å². The third-order valence-corrected chi connectivity index (χ3v) is 13.8. The second-order valence-electron chi connectivity index (χ2n) is 16.0. The maximum absolute atomic E-state index is 14.8. The largest absolute Gasteiger partial charge is 0.496 e. The van der Waals surface area contributed by atoms with Gasteiger partial charge in [0.15, 0.2) is 0 Å². The molecule has 4 heterocycles. The highest BCUT2D eigenvalue weighted by molar-refractivity contribution is 7.87. The molecule has 1 saturated carbocycles. The number of anilines is 1. The van der Waals surface area contributed by atoms with E-state index in [0.717, 1.165) is 21.6 Å². The summed E-state index contributed by atoms with van der Waals surface area (Å²) in [5, 5.41) is 8.82. The predicted molar refractivity (Wildman–Crippen MR) is 224 cm³/mol. The van der Waals surface area contributed by atoms with Gasteiger partial charge < -0.3 is 25.0 Å². The van der Waals surface area contributed by atoms with E-state index >= 15 is 0 Å². The van der Waals surface area contributed by atoms with E-state index in [-0.39, 0.29) is 31.5 Å². The fourth-order valence-corrected chi connectivity index (χ4v) is 9.31. The van der Waals surface area contributed by atoms with Crippen molar-refractivity contribution >= 4 is 55.9 Å². The molecule has 62 heavy (non-hydrogen) atoms. The number of pyridine rings is 1. The number of ether oxygens (including phenoxy) is 2. The number of hydrogen-bond donors (Lipinski definition) is 3. The van der Waals surface area contributed by atoms with Crippen LogP contribution in [0.2, 0.25) is 0 Å². The Kier molecular flexibility index (Phi) is 12.6. The molecule has 5 atom stereocenters. The number of alkyl halides is 3. The molecule has 2 aliphatic heterocycles. The molecule has 0 radical (unpaired) electrons. The summed E-state index contributed by atoms with van der Waals surface area (Å²) in [4.78, 5) is 54.0. The number of methoxy groups -OCH3 is 1. The van der Waals surface area contributed by atoms with Crippen molar-refractivity contribution in [2.24, 2.45) is 5.92 Å². The van der Waals surface area contributed by atoms with Crippen LogP contribution in [0.15, 0.2) is 53.9 Å². The smallest absolute Gasteiger partial charge is 0.419 e. The quantitative estimate of drug-likeness (QED) is 0.128. The van der Waals surface area contributed by atoms with Gasteiger partial charge in [-0.25, -0.2) is 19.1 Å². The molecule has 3 aliphatic rings. The molecule has 2 aromatic carbocycles. The van der Waals surface area contributed by atoms with E-state index in [0.29, 0.717) is 70.9 Å². The highest BCUT2D eigenvalue weighted by atomic mass is 32.2. The zero-order valence-electron chi connectivity index (χ0n) is 34.6. The highest BCUT2D eigenvalue weighted by Crippen LogP contribution is 2.46. The first kappa shape index (κ1) is 44.7. The number of halogens is 4. The van der Waals surface area contributed by atoms with E-state index < -0.39 is 75.1 Å². The van der Waals surface area contributed by atoms with Crippen LogP contribution in [-0.2, 0) is 30.8 Å². The zero-order chi connectivity index (χ0) is 44.7. The molecule has 3 amide bonds. The maximum Gasteiger partial charge on any atom is 0.419 e. The van der Waals surface area contributed by atoms with Crippen molar-refractivity contribution in [3.63, 3.8) is 0 Å². The fourth-order valence-electron chi connectivity index (χ4n) is 7.96. The first-order valence-electron chi connectivity index (χ1n) is 20.1. The Bertz CT molecular complexity index is 2530. The summed E-state index contributed by atoms with van der Waals surface area (Å²) in [6, 6.07) is 5.24. The van der Waals surface area contributed by atoms with Crippen LogP contribution in [0, 0.1) is 25.6 Å². The molecular formula is C42H47F4N7O7S2. The zero-order valence-corrected chi connectivity index (χ0v) is 36.3. The van der Waals surface area contributed by atoms with Crippen molar-refractivity contribution in [2.45, 2.75) is 88.7 Å².